The smallest absolute Gasteiger partial charge is 0.342 e. The summed E-state index contributed by atoms with van der Waals surface area (Å²) in [6, 6.07) is 4.04. The molecule has 0 amide bonds. The number of aliphatic carboxylic acids is 1. The Bertz CT molecular complexity index is 1000. The number of rotatable bonds is 21. The highest BCUT2D eigenvalue weighted by atomic mass is 28.3. The van der Waals surface area contributed by atoms with Crippen molar-refractivity contribution in [3.8, 4) is 11.5 Å². The van der Waals surface area contributed by atoms with Crippen LogP contribution in [-0.4, -0.2) is 65.1 Å². The number of carboxylic acid groups (broad SMARTS) is 1. The van der Waals surface area contributed by atoms with Gasteiger partial charge in [0.15, 0.2) is 20.2 Å². The Morgan fingerprint density at radius 1 is 1.10 bits per heavy atom. The van der Waals surface area contributed by atoms with E-state index in [2.05, 4.69) is 31.7 Å². The first-order chi connectivity index (χ1) is 19.0. The second-order valence-corrected chi connectivity index (χ2v) is 15.7. The molecule has 0 fully saturated rings. The number of carbonyl (C=O) groups excluding carboxylic acids is 1. The third-order valence-corrected chi connectivity index (χ3v) is 7.02. The maximum atomic E-state index is 13.4. The molecule has 1 rings (SSSR count). The molecule has 11 heteroatoms. The number of esters is 1. The predicted molar refractivity (Wildman–Crippen MR) is 157 cm³/mol. The van der Waals surface area contributed by atoms with E-state index in [9.17, 15) is 9.59 Å². The Morgan fingerprint density at radius 2 is 1.77 bits per heavy atom. The van der Waals surface area contributed by atoms with Gasteiger partial charge in [0.05, 0.1) is 12.3 Å². The van der Waals surface area contributed by atoms with Crippen LogP contribution in [0.5, 0.6) is 11.5 Å². The van der Waals surface area contributed by atoms with Crippen molar-refractivity contribution in [2.24, 2.45) is 5.92 Å². The van der Waals surface area contributed by atoms with Crippen molar-refractivity contribution in [2.45, 2.75) is 52.9 Å². The molecule has 10 nitrogen and oxygen atoms in total. The summed E-state index contributed by atoms with van der Waals surface area (Å²) in [6.45, 7) is 16.6. The second-order valence-electron chi connectivity index (χ2n) is 10.1. The van der Waals surface area contributed by atoms with E-state index in [1.54, 1.807) is 24.3 Å². The lowest BCUT2D eigenvalue weighted by molar-refractivity contribution is -0.144. The number of carboxylic acids is 1. The van der Waals surface area contributed by atoms with Gasteiger partial charge in [0.25, 0.3) is 0 Å². The van der Waals surface area contributed by atoms with Crippen LogP contribution < -0.4 is 15.0 Å². The minimum atomic E-state index is -1.45. The van der Waals surface area contributed by atoms with E-state index in [-0.39, 0.29) is 37.4 Å². The average molecular weight is 580 g/mol. The lowest BCUT2D eigenvalue weighted by Gasteiger charge is -2.18. The van der Waals surface area contributed by atoms with Gasteiger partial charge in [0.2, 0.25) is 0 Å². The van der Waals surface area contributed by atoms with Crippen molar-refractivity contribution in [1.82, 2.24) is 5.48 Å². The SMILES string of the molecule is C=CC(C)C/C=C/C(=C/c1cc(OCOCC)cc(OCOCC)c1C(=O)OCC[Si](C)(C)C)NOCC(=O)O. The molecule has 2 N–H and O–H groups in total. The Morgan fingerprint density at radius 3 is 2.38 bits per heavy atom. The molecule has 224 valence electrons. The normalized spacial score (nSPS) is 12.7. The molecule has 0 radical (unpaired) electrons. The Hall–Kier alpha value is -3.12. The topological polar surface area (TPSA) is 122 Å². The van der Waals surface area contributed by atoms with Crippen molar-refractivity contribution in [1.29, 1.82) is 0 Å². The van der Waals surface area contributed by atoms with Crippen LogP contribution in [-0.2, 0) is 23.8 Å². The molecule has 0 aliphatic carbocycles. The fourth-order valence-electron chi connectivity index (χ4n) is 3.01. The van der Waals surface area contributed by atoms with Crippen LogP contribution in [0.2, 0.25) is 25.7 Å². The average Bonchev–Trinajstić information content (AvgIpc) is 2.87. The molecule has 0 aromatic heterocycles. The maximum Gasteiger partial charge on any atom is 0.342 e. The van der Waals surface area contributed by atoms with E-state index in [0.29, 0.717) is 36.6 Å². The number of carbonyl (C=O) groups is 2. The fourth-order valence-corrected chi connectivity index (χ4v) is 3.72. The quantitative estimate of drug-likeness (QED) is 0.0360. The molecule has 0 bridgehead atoms. The molecule has 0 spiro atoms. The van der Waals surface area contributed by atoms with Gasteiger partial charge in [0, 0.05) is 27.4 Å². The standard InChI is InChI=1S/C29H45NO9Si/c1-8-22(4)12-11-13-24(30-39-19-27(31)32)16-23-17-25(37-20-34-9-2)18-26(38-21-35-10-3)28(23)29(33)36-14-15-40(5,6)7/h8,11,13,16-18,22,30H,1,9-10,12,14-15,19-21H2,2-7H3,(H,31,32)/b13-11+,24-16-. The highest BCUT2D eigenvalue weighted by Gasteiger charge is 2.22. The highest BCUT2D eigenvalue weighted by Crippen LogP contribution is 2.32. The number of hydroxylamine groups is 1. The van der Waals surface area contributed by atoms with Crippen molar-refractivity contribution < 1.29 is 43.2 Å². The van der Waals surface area contributed by atoms with Gasteiger partial charge < -0.3 is 28.8 Å². The number of nitrogens with one attached hydrogen (secondary N) is 1. The first kappa shape index (κ1) is 34.9. The van der Waals surface area contributed by atoms with Gasteiger partial charge in [-0.25, -0.2) is 9.59 Å². The van der Waals surface area contributed by atoms with Gasteiger partial charge in [-0.15, -0.1) is 6.58 Å². The van der Waals surface area contributed by atoms with Crippen LogP contribution in [0.1, 0.15) is 43.1 Å². The van der Waals surface area contributed by atoms with E-state index in [4.69, 9.17) is 33.6 Å². The fraction of sp³-hybridized carbons (Fsp3) is 0.517. The monoisotopic (exact) mass is 579 g/mol. The molecule has 0 saturated carbocycles. The lowest BCUT2D eigenvalue weighted by atomic mass is 10.0. The van der Waals surface area contributed by atoms with Crippen LogP contribution in [0, 0.1) is 5.92 Å². The first-order valence-electron chi connectivity index (χ1n) is 13.4. The zero-order valence-corrected chi connectivity index (χ0v) is 25.6. The molecule has 0 aliphatic rings. The summed E-state index contributed by atoms with van der Waals surface area (Å²) in [5.41, 5.74) is 3.62. The second kappa shape index (κ2) is 19.0. The van der Waals surface area contributed by atoms with Gasteiger partial charge in [0.1, 0.15) is 17.1 Å². The molecule has 0 heterocycles. The van der Waals surface area contributed by atoms with Gasteiger partial charge >= 0.3 is 11.9 Å². The predicted octanol–water partition coefficient (Wildman–Crippen LogP) is 5.64. The molecular weight excluding hydrogens is 534 g/mol. The zero-order chi connectivity index (χ0) is 30.0. The zero-order valence-electron chi connectivity index (χ0n) is 24.6. The summed E-state index contributed by atoms with van der Waals surface area (Å²) in [4.78, 5) is 29.6. The summed E-state index contributed by atoms with van der Waals surface area (Å²) in [5.74, 6) is -0.881. The highest BCUT2D eigenvalue weighted by molar-refractivity contribution is 6.76. The van der Waals surface area contributed by atoms with E-state index >= 15 is 0 Å². The number of hydrogen-bond acceptors (Lipinski definition) is 9. The maximum absolute atomic E-state index is 13.4. The van der Waals surface area contributed by atoms with Crippen molar-refractivity contribution >= 4 is 26.1 Å². The molecule has 0 saturated heterocycles. The summed E-state index contributed by atoms with van der Waals surface area (Å²) in [5, 5.41) is 9.00. The lowest BCUT2D eigenvalue weighted by Crippen LogP contribution is -2.23. The first-order valence-corrected chi connectivity index (χ1v) is 17.1. The van der Waals surface area contributed by atoms with Gasteiger partial charge in [-0.05, 0) is 56.0 Å². The van der Waals surface area contributed by atoms with Crippen LogP contribution in [0.3, 0.4) is 0 Å². The largest absolute Gasteiger partial charge is 0.479 e. The number of ether oxygens (including phenoxy) is 5. The summed E-state index contributed by atoms with van der Waals surface area (Å²) < 4.78 is 27.9. The van der Waals surface area contributed by atoms with E-state index in [0.717, 1.165) is 6.04 Å². The molecule has 1 unspecified atom stereocenters. The van der Waals surface area contributed by atoms with Crippen LogP contribution >= 0.6 is 0 Å². The van der Waals surface area contributed by atoms with E-state index in [1.807, 2.05) is 32.9 Å². The minimum absolute atomic E-state index is 0.00324. The molecular formula is C29H45NO9Si. The van der Waals surface area contributed by atoms with Crippen molar-refractivity contribution in [3.05, 3.63) is 53.8 Å². The van der Waals surface area contributed by atoms with Crippen LogP contribution in [0.4, 0.5) is 0 Å². The van der Waals surface area contributed by atoms with Gasteiger partial charge in [-0.1, -0.05) is 38.7 Å². The van der Waals surface area contributed by atoms with Crippen molar-refractivity contribution in [3.63, 3.8) is 0 Å². The molecule has 40 heavy (non-hydrogen) atoms. The Labute approximate surface area is 238 Å². The number of allylic oxidation sites excluding steroid dienone is 3. The molecule has 1 atom stereocenters. The molecule has 1 aromatic rings. The summed E-state index contributed by atoms with van der Waals surface area (Å²) in [6.07, 6.45) is 7.78. The van der Waals surface area contributed by atoms with Gasteiger partial charge in [-0.2, -0.15) is 0 Å². The Kier molecular flexibility index (Phi) is 16.6. The van der Waals surface area contributed by atoms with Crippen LogP contribution in [0.15, 0.2) is 42.6 Å². The van der Waals surface area contributed by atoms with Crippen molar-refractivity contribution in [2.75, 3.05) is 40.0 Å². The Balaban J connectivity index is 3.61. The third kappa shape index (κ3) is 14.9. The molecule has 0 aliphatic heterocycles. The minimum Gasteiger partial charge on any atom is -0.479 e. The number of benzene rings is 1. The third-order valence-electron chi connectivity index (χ3n) is 5.31. The summed E-state index contributed by atoms with van der Waals surface area (Å²) in [7, 11) is -1.45. The number of hydrogen-bond donors (Lipinski definition) is 2. The van der Waals surface area contributed by atoms with E-state index < -0.39 is 26.6 Å². The summed E-state index contributed by atoms with van der Waals surface area (Å²) >= 11 is 0. The molecule has 1 aromatic carbocycles. The van der Waals surface area contributed by atoms with E-state index in [1.165, 1.54) is 0 Å². The van der Waals surface area contributed by atoms with Gasteiger partial charge in [-0.3, -0.25) is 10.3 Å². The van der Waals surface area contributed by atoms with Crippen LogP contribution in [0.25, 0.3) is 6.08 Å².